The fourth-order valence-corrected chi connectivity index (χ4v) is 3.85. The predicted octanol–water partition coefficient (Wildman–Crippen LogP) is 0.966. The summed E-state index contributed by atoms with van der Waals surface area (Å²) >= 11 is 0. The van der Waals surface area contributed by atoms with Crippen LogP contribution in [-0.2, 0) is 9.47 Å². The van der Waals surface area contributed by atoms with E-state index in [1.165, 1.54) is 38.8 Å². The fourth-order valence-electron chi connectivity index (χ4n) is 3.85. The largest absolute Gasteiger partial charge is 0.346 e. The molecule has 0 aromatic rings. The number of likely N-dealkylation sites (N-methyl/N-ethyl adjacent to an activating group) is 1. The Balaban J connectivity index is 1.78. The highest BCUT2D eigenvalue weighted by atomic mass is 16.7. The maximum absolute atomic E-state index is 5.96. The number of nitrogens with one attached hydrogen (secondary N) is 1. The van der Waals surface area contributed by atoms with Crippen LogP contribution < -0.4 is 5.32 Å². The molecule has 0 unspecified atom stereocenters. The van der Waals surface area contributed by atoms with Crippen LogP contribution in [-0.4, -0.2) is 56.1 Å². The highest BCUT2D eigenvalue weighted by molar-refractivity contribution is 5.01. The van der Waals surface area contributed by atoms with E-state index in [0.29, 0.717) is 12.1 Å². The van der Waals surface area contributed by atoms with Gasteiger partial charge in [-0.1, -0.05) is 0 Å². The van der Waals surface area contributed by atoms with Gasteiger partial charge >= 0.3 is 0 Å². The van der Waals surface area contributed by atoms with Crippen LogP contribution in [0.15, 0.2) is 0 Å². The van der Waals surface area contributed by atoms with Gasteiger partial charge in [-0.15, -0.1) is 0 Å². The number of nitrogens with zero attached hydrogens (tertiary/aromatic N) is 1. The van der Waals surface area contributed by atoms with Crippen LogP contribution in [0.4, 0.5) is 0 Å². The Kier molecular flexibility index (Phi) is 3.39. The molecule has 98 valence electrons. The molecular formula is C13H24N2O2. The minimum absolute atomic E-state index is 0.330. The topological polar surface area (TPSA) is 33.7 Å². The summed E-state index contributed by atoms with van der Waals surface area (Å²) in [5.41, 5.74) is 0. The van der Waals surface area contributed by atoms with E-state index in [1.54, 1.807) is 0 Å². The van der Waals surface area contributed by atoms with Gasteiger partial charge in [-0.3, -0.25) is 4.90 Å². The molecule has 3 aliphatic rings. The number of ether oxygens (including phenoxy) is 2. The standard InChI is InChI=1S/C13H24N2O2/c1-14-12-11(15-7-2-3-8-15)5-4-6-13(12)16-9-10-17-13/h11-12,14H,2-10H2,1H3/t11-,12+/m0/s1. The van der Waals surface area contributed by atoms with Crippen LogP contribution >= 0.6 is 0 Å². The molecule has 2 saturated heterocycles. The fraction of sp³-hybridized carbons (Fsp3) is 1.00. The van der Waals surface area contributed by atoms with E-state index in [9.17, 15) is 0 Å². The van der Waals surface area contributed by atoms with Gasteiger partial charge in [0.2, 0.25) is 0 Å². The third kappa shape index (κ3) is 2.01. The van der Waals surface area contributed by atoms with Crippen molar-refractivity contribution in [1.29, 1.82) is 0 Å². The van der Waals surface area contributed by atoms with Crippen LogP contribution in [0, 0.1) is 0 Å². The summed E-state index contributed by atoms with van der Waals surface area (Å²) in [7, 11) is 2.05. The highest BCUT2D eigenvalue weighted by Gasteiger charge is 2.51. The number of likely N-dealkylation sites (tertiary alicyclic amines) is 1. The van der Waals surface area contributed by atoms with E-state index in [0.717, 1.165) is 19.6 Å². The van der Waals surface area contributed by atoms with Gasteiger partial charge in [-0.2, -0.15) is 0 Å². The quantitative estimate of drug-likeness (QED) is 0.780. The van der Waals surface area contributed by atoms with Crippen molar-refractivity contribution in [2.24, 2.45) is 0 Å². The van der Waals surface area contributed by atoms with Gasteiger partial charge in [0.05, 0.1) is 19.3 Å². The SMILES string of the molecule is CN[C@@H]1[C@@H](N2CCCC2)CCCC12OCCO2. The van der Waals surface area contributed by atoms with Crippen molar-refractivity contribution in [1.82, 2.24) is 10.2 Å². The second-order valence-electron chi connectivity index (χ2n) is 5.48. The molecule has 0 amide bonds. The molecule has 1 N–H and O–H groups in total. The molecule has 1 saturated carbocycles. The summed E-state index contributed by atoms with van der Waals surface area (Å²) in [5, 5.41) is 3.47. The van der Waals surface area contributed by atoms with Crippen molar-refractivity contribution < 1.29 is 9.47 Å². The normalized spacial score (nSPS) is 37.9. The minimum atomic E-state index is -0.333. The van der Waals surface area contributed by atoms with Crippen LogP contribution in [0.5, 0.6) is 0 Å². The van der Waals surface area contributed by atoms with Gasteiger partial charge in [-0.05, 0) is 45.8 Å². The molecule has 0 radical (unpaired) electrons. The Morgan fingerprint density at radius 3 is 2.47 bits per heavy atom. The zero-order valence-corrected chi connectivity index (χ0v) is 10.8. The van der Waals surface area contributed by atoms with Crippen molar-refractivity contribution >= 4 is 0 Å². The van der Waals surface area contributed by atoms with Crippen molar-refractivity contribution in [3.8, 4) is 0 Å². The summed E-state index contributed by atoms with van der Waals surface area (Å²) in [5.74, 6) is -0.333. The van der Waals surface area contributed by atoms with Crippen LogP contribution in [0.2, 0.25) is 0 Å². The van der Waals surface area contributed by atoms with E-state index in [-0.39, 0.29) is 5.79 Å². The molecular weight excluding hydrogens is 216 g/mol. The molecule has 17 heavy (non-hydrogen) atoms. The van der Waals surface area contributed by atoms with Gasteiger partial charge in [0.25, 0.3) is 0 Å². The molecule has 0 aromatic heterocycles. The Morgan fingerprint density at radius 2 is 1.82 bits per heavy atom. The maximum atomic E-state index is 5.96. The molecule has 1 aliphatic carbocycles. The molecule has 4 heteroatoms. The maximum Gasteiger partial charge on any atom is 0.185 e. The Hall–Kier alpha value is -0.160. The minimum Gasteiger partial charge on any atom is -0.346 e. The molecule has 4 nitrogen and oxygen atoms in total. The summed E-state index contributed by atoms with van der Waals surface area (Å²) in [6.45, 7) is 4.01. The van der Waals surface area contributed by atoms with Crippen LogP contribution in [0.1, 0.15) is 32.1 Å². The molecule has 0 aromatic carbocycles. The van der Waals surface area contributed by atoms with E-state index >= 15 is 0 Å². The number of hydrogen-bond acceptors (Lipinski definition) is 4. The molecule has 3 rings (SSSR count). The smallest absolute Gasteiger partial charge is 0.185 e. The monoisotopic (exact) mass is 240 g/mol. The second kappa shape index (κ2) is 4.84. The molecule has 3 fully saturated rings. The summed E-state index contributed by atoms with van der Waals surface area (Å²) < 4.78 is 11.9. The first-order valence-corrected chi connectivity index (χ1v) is 7.05. The molecule has 2 heterocycles. The van der Waals surface area contributed by atoms with Crippen molar-refractivity contribution in [3.63, 3.8) is 0 Å². The lowest BCUT2D eigenvalue weighted by Crippen LogP contribution is -2.63. The van der Waals surface area contributed by atoms with E-state index < -0.39 is 0 Å². The molecule has 1 spiro atoms. The van der Waals surface area contributed by atoms with Gasteiger partial charge in [0, 0.05) is 12.5 Å². The first kappa shape index (κ1) is 11.9. The summed E-state index contributed by atoms with van der Waals surface area (Å²) in [4.78, 5) is 2.63. The Labute approximate surface area is 104 Å². The van der Waals surface area contributed by atoms with E-state index in [2.05, 4.69) is 10.2 Å². The van der Waals surface area contributed by atoms with Gasteiger partial charge < -0.3 is 14.8 Å². The van der Waals surface area contributed by atoms with Gasteiger partial charge in [0.1, 0.15) is 0 Å². The second-order valence-corrected chi connectivity index (χ2v) is 5.48. The number of rotatable bonds is 2. The van der Waals surface area contributed by atoms with Crippen molar-refractivity contribution in [3.05, 3.63) is 0 Å². The van der Waals surface area contributed by atoms with E-state index in [1.807, 2.05) is 7.05 Å². The lowest BCUT2D eigenvalue weighted by molar-refractivity contribution is -0.207. The van der Waals surface area contributed by atoms with Gasteiger partial charge in [-0.25, -0.2) is 0 Å². The highest BCUT2D eigenvalue weighted by Crippen LogP contribution is 2.38. The van der Waals surface area contributed by atoms with Crippen molar-refractivity contribution in [2.45, 2.75) is 50.0 Å². The Morgan fingerprint density at radius 1 is 1.12 bits per heavy atom. The molecule has 0 bridgehead atoms. The average Bonchev–Trinajstić information content (AvgIpc) is 3.00. The first-order valence-electron chi connectivity index (χ1n) is 7.05. The van der Waals surface area contributed by atoms with Crippen molar-refractivity contribution in [2.75, 3.05) is 33.4 Å². The first-order chi connectivity index (χ1) is 8.36. The molecule has 2 aliphatic heterocycles. The third-order valence-corrected chi connectivity index (χ3v) is 4.58. The van der Waals surface area contributed by atoms with Crippen LogP contribution in [0.25, 0.3) is 0 Å². The molecule has 2 atom stereocenters. The lowest BCUT2D eigenvalue weighted by Gasteiger charge is -2.47. The summed E-state index contributed by atoms with van der Waals surface area (Å²) in [6.07, 6.45) is 6.24. The zero-order chi connectivity index (χ0) is 11.7. The van der Waals surface area contributed by atoms with E-state index in [4.69, 9.17) is 9.47 Å². The average molecular weight is 240 g/mol. The predicted molar refractivity (Wildman–Crippen MR) is 65.9 cm³/mol. The van der Waals surface area contributed by atoms with Crippen LogP contribution in [0.3, 0.4) is 0 Å². The Bertz CT molecular complexity index is 260. The summed E-state index contributed by atoms with van der Waals surface area (Å²) in [6, 6.07) is 0.922. The van der Waals surface area contributed by atoms with Gasteiger partial charge in [0.15, 0.2) is 5.79 Å². The third-order valence-electron chi connectivity index (χ3n) is 4.58. The zero-order valence-electron chi connectivity index (χ0n) is 10.8. The number of hydrogen-bond donors (Lipinski definition) is 1. The lowest BCUT2D eigenvalue weighted by atomic mass is 9.84.